The molecular formula is C11H20N2O2. The van der Waals surface area contributed by atoms with E-state index in [0.29, 0.717) is 26.1 Å². The molecule has 0 aromatic rings. The first-order valence-corrected chi connectivity index (χ1v) is 4.92. The van der Waals surface area contributed by atoms with Gasteiger partial charge in [0.15, 0.2) is 0 Å². The van der Waals surface area contributed by atoms with Gasteiger partial charge in [-0.2, -0.15) is 0 Å². The molecule has 0 heterocycles. The summed E-state index contributed by atoms with van der Waals surface area (Å²) in [6.07, 6.45) is 3.87. The average Bonchev–Trinajstić information content (AvgIpc) is 2.24. The van der Waals surface area contributed by atoms with E-state index in [9.17, 15) is 4.79 Å². The second-order valence-corrected chi connectivity index (χ2v) is 3.21. The minimum Gasteiger partial charge on any atom is -0.385 e. The highest BCUT2D eigenvalue weighted by Gasteiger charge is 2.18. The van der Waals surface area contributed by atoms with Gasteiger partial charge in [0.05, 0.1) is 6.04 Å². The Bertz CT molecular complexity index is 207. The van der Waals surface area contributed by atoms with Crippen LogP contribution in [-0.2, 0) is 9.53 Å². The van der Waals surface area contributed by atoms with E-state index in [2.05, 4.69) is 13.2 Å². The molecule has 0 aliphatic rings. The van der Waals surface area contributed by atoms with Gasteiger partial charge < -0.3 is 15.4 Å². The van der Waals surface area contributed by atoms with Gasteiger partial charge in [0.25, 0.3) is 0 Å². The summed E-state index contributed by atoms with van der Waals surface area (Å²) in [6, 6.07) is -0.509. The fourth-order valence-electron chi connectivity index (χ4n) is 1.17. The monoisotopic (exact) mass is 212 g/mol. The Morgan fingerprint density at radius 3 is 2.40 bits per heavy atom. The van der Waals surface area contributed by atoms with Crippen LogP contribution in [0.5, 0.6) is 0 Å². The highest BCUT2D eigenvalue weighted by molar-refractivity contribution is 5.81. The molecule has 4 heteroatoms. The zero-order chi connectivity index (χ0) is 11.7. The molecular weight excluding hydrogens is 192 g/mol. The van der Waals surface area contributed by atoms with Crippen LogP contribution >= 0.6 is 0 Å². The molecule has 0 fully saturated rings. The van der Waals surface area contributed by atoms with E-state index >= 15 is 0 Å². The zero-order valence-corrected chi connectivity index (χ0v) is 9.32. The Labute approximate surface area is 91.4 Å². The van der Waals surface area contributed by atoms with Gasteiger partial charge in [-0.3, -0.25) is 4.79 Å². The van der Waals surface area contributed by atoms with Gasteiger partial charge in [0.1, 0.15) is 0 Å². The molecule has 0 aromatic carbocycles. The fraction of sp³-hybridized carbons (Fsp3) is 0.545. The standard InChI is InChI=1S/C11H20N2O2/c1-4-7-13(8-5-2)11(14)10(12)6-9-15-3/h4-5,10H,1-2,6-9,12H2,3H3. The number of carbonyl (C=O) groups is 1. The van der Waals surface area contributed by atoms with Gasteiger partial charge in [-0.25, -0.2) is 0 Å². The highest BCUT2D eigenvalue weighted by Crippen LogP contribution is 1.98. The average molecular weight is 212 g/mol. The highest BCUT2D eigenvalue weighted by atomic mass is 16.5. The quantitative estimate of drug-likeness (QED) is 0.598. The Morgan fingerprint density at radius 1 is 1.47 bits per heavy atom. The lowest BCUT2D eigenvalue weighted by molar-refractivity contribution is -0.131. The SMILES string of the molecule is C=CCN(CC=C)C(=O)C(N)CCOC. The molecule has 0 aromatic heterocycles. The van der Waals surface area contributed by atoms with Gasteiger partial charge in [-0.1, -0.05) is 12.2 Å². The molecule has 86 valence electrons. The van der Waals surface area contributed by atoms with Crippen LogP contribution in [0.25, 0.3) is 0 Å². The molecule has 4 nitrogen and oxygen atoms in total. The van der Waals surface area contributed by atoms with Gasteiger partial charge in [0.2, 0.25) is 5.91 Å². The molecule has 0 saturated heterocycles. The van der Waals surface area contributed by atoms with E-state index in [-0.39, 0.29) is 5.91 Å². The van der Waals surface area contributed by atoms with E-state index in [1.54, 1.807) is 24.2 Å². The first kappa shape index (κ1) is 13.9. The fourth-order valence-corrected chi connectivity index (χ4v) is 1.17. The van der Waals surface area contributed by atoms with Crippen molar-refractivity contribution in [3.8, 4) is 0 Å². The molecule has 0 aliphatic carbocycles. The predicted molar refractivity (Wildman–Crippen MR) is 61.4 cm³/mol. The van der Waals surface area contributed by atoms with Crippen molar-refractivity contribution in [3.05, 3.63) is 25.3 Å². The first-order chi connectivity index (χ1) is 7.17. The maximum Gasteiger partial charge on any atom is 0.240 e. The van der Waals surface area contributed by atoms with Crippen LogP contribution in [0.4, 0.5) is 0 Å². The van der Waals surface area contributed by atoms with Gasteiger partial charge in [-0.15, -0.1) is 13.2 Å². The number of hydrogen-bond donors (Lipinski definition) is 1. The van der Waals surface area contributed by atoms with E-state index in [1.165, 1.54) is 0 Å². The third-order valence-electron chi connectivity index (χ3n) is 1.96. The molecule has 0 radical (unpaired) electrons. The molecule has 0 bridgehead atoms. The minimum atomic E-state index is -0.509. The number of rotatable bonds is 8. The lowest BCUT2D eigenvalue weighted by atomic mass is 10.2. The van der Waals surface area contributed by atoms with E-state index in [4.69, 9.17) is 10.5 Å². The summed E-state index contributed by atoms with van der Waals surface area (Å²) >= 11 is 0. The van der Waals surface area contributed by atoms with Gasteiger partial charge in [-0.05, 0) is 6.42 Å². The maximum atomic E-state index is 11.8. The van der Waals surface area contributed by atoms with Crippen molar-refractivity contribution in [2.24, 2.45) is 5.73 Å². The van der Waals surface area contributed by atoms with E-state index < -0.39 is 6.04 Å². The lowest BCUT2D eigenvalue weighted by Gasteiger charge is -2.22. The second-order valence-electron chi connectivity index (χ2n) is 3.21. The van der Waals surface area contributed by atoms with Crippen LogP contribution in [0.2, 0.25) is 0 Å². The summed E-state index contributed by atoms with van der Waals surface area (Å²) in [7, 11) is 1.59. The van der Waals surface area contributed by atoms with Crippen LogP contribution in [0.15, 0.2) is 25.3 Å². The zero-order valence-electron chi connectivity index (χ0n) is 9.32. The molecule has 0 rings (SSSR count). The summed E-state index contributed by atoms with van der Waals surface area (Å²) in [6.45, 7) is 8.66. The van der Waals surface area contributed by atoms with Crippen molar-refractivity contribution < 1.29 is 9.53 Å². The molecule has 2 N–H and O–H groups in total. The Hall–Kier alpha value is -1.13. The Balaban J connectivity index is 4.20. The number of carbonyl (C=O) groups excluding carboxylic acids is 1. The number of amides is 1. The number of nitrogens with zero attached hydrogens (tertiary/aromatic N) is 1. The predicted octanol–water partition coefficient (Wildman–Crippen LogP) is 0.551. The summed E-state index contributed by atoms with van der Waals surface area (Å²) in [5.74, 6) is -0.0909. The van der Waals surface area contributed by atoms with Crippen LogP contribution in [0.3, 0.4) is 0 Å². The normalized spacial score (nSPS) is 11.9. The lowest BCUT2D eigenvalue weighted by Crippen LogP contribution is -2.44. The van der Waals surface area contributed by atoms with Crippen LogP contribution < -0.4 is 5.73 Å². The number of methoxy groups -OCH3 is 1. The van der Waals surface area contributed by atoms with Crippen LogP contribution in [-0.4, -0.2) is 43.7 Å². The smallest absolute Gasteiger partial charge is 0.240 e. The largest absolute Gasteiger partial charge is 0.385 e. The Morgan fingerprint density at radius 2 is 2.00 bits per heavy atom. The second kappa shape index (κ2) is 8.20. The number of hydrogen-bond acceptors (Lipinski definition) is 3. The van der Waals surface area contributed by atoms with E-state index in [0.717, 1.165) is 0 Å². The summed E-state index contributed by atoms with van der Waals surface area (Å²) in [5.41, 5.74) is 5.72. The van der Waals surface area contributed by atoms with E-state index in [1.807, 2.05) is 0 Å². The molecule has 1 atom stereocenters. The van der Waals surface area contributed by atoms with Crippen LogP contribution in [0, 0.1) is 0 Å². The van der Waals surface area contributed by atoms with Crippen molar-refractivity contribution in [1.29, 1.82) is 0 Å². The third-order valence-corrected chi connectivity index (χ3v) is 1.96. The van der Waals surface area contributed by atoms with Crippen molar-refractivity contribution in [1.82, 2.24) is 4.90 Å². The van der Waals surface area contributed by atoms with Gasteiger partial charge >= 0.3 is 0 Å². The van der Waals surface area contributed by atoms with Crippen molar-refractivity contribution >= 4 is 5.91 Å². The van der Waals surface area contributed by atoms with Crippen molar-refractivity contribution in [2.45, 2.75) is 12.5 Å². The Kier molecular flexibility index (Phi) is 7.58. The summed E-state index contributed by atoms with van der Waals surface area (Å²) in [4.78, 5) is 13.4. The summed E-state index contributed by atoms with van der Waals surface area (Å²) in [5, 5.41) is 0. The third kappa shape index (κ3) is 5.34. The first-order valence-electron chi connectivity index (χ1n) is 4.92. The molecule has 1 amide bonds. The molecule has 0 saturated carbocycles. The molecule has 0 spiro atoms. The molecule has 15 heavy (non-hydrogen) atoms. The number of ether oxygens (including phenoxy) is 1. The van der Waals surface area contributed by atoms with Crippen molar-refractivity contribution in [2.75, 3.05) is 26.8 Å². The number of nitrogens with two attached hydrogens (primary N) is 1. The molecule has 1 unspecified atom stereocenters. The van der Waals surface area contributed by atoms with Crippen LogP contribution in [0.1, 0.15) is 6.42 Å². The maximum absolute atomic E-state index is 11.8. The summed E-state index contributed by atoms with van der Waals surface area (Å²) < 4.78 is 4.87. The minimum absolute atomic E-state index is 0.0909. The molecule has 0 aliphatic heterocycles. The van der Waals surface area contributed by atoms with Crippen molar-refractivity contribution in [3.63, 3.8) is 0 Å². The topological polar surface area (TPSA) is 55.6 Å². The van der Waals surface area contributed by atoms with Gasteiger partial charge in [0, 0.05) is 26.8 Å².